The number of fused-ring (bicyclic) bond motifs is 1. The van der Waals surface area contributed by atoms with Gasteiger partial charge in [-0.05, 0) is 62.4 Å². The normalized spacial score (nSPS) is 21.9. The minimum atomic E-state index is -3.90. The summed E-state index contributed by atoms with van der Waals surface area (Å²) >= 11 is 0. The van der Waals surface area contributed by atoms with Crippen LogP contribution in [0.15, 0.2) is 84.0 Å². The molecule has 5 rings (SSSR count). The zero-order valence-corrected chi connectivity index (χ0v) is 27.9. The van der Waals surface area contributed by atoms with Gasteiger partial charge in [-0.15, -0.1) is 0 Å². The molecule has 11 nitrogen and oxygen atoms in total. The molecule has 2 aliphatic rings. The molecule has 1 fully saturated rings. The molecule has 1 saturated heterocycles. The van der Waals surface area contributed by atoms with Crippen molar-refractivity contribution in [3.63, 3.8) is 0 Å². The Balaban J connectivity index is 1.32. The van der Waals surface area contributed by atoms with Crippen LogP contribution in [0.1, 0.15) is 49.9 Å². The van der Waals surface area contributed by atoms with Gasteiger partial charge in [0.15, 0.2) is 0 Å². The molecule has 2 heterocycles. The maximum Gasteiger partial charge on any atom is 0.244 e. The third kappa shape index (κ3) is 8.62. The van der Waals surface area contributed by atoms with Crippen LogP contribution in [-0.4, -0.2) is 94.6 Å². The summed E-state index contributed by atoms with van der Waals surface area (Å²) in [6.45, 7) is 5.85. The first-order valence-electron chi connectivity index (χ1n) is 16.1. The van der Waals surface area contributed by atoms with Gasteiger partial charge in [0.05, 0.1) is 18.2 Å². The number of aliphatic hydroxyl groups is 2. The number of amides is 2. The van der Waals surface area contributed by atoms with Crippen molar-refractivity contribution in [3.8, 4) is 0 Å². The molecule has 12 heteroatoms. The van der Waals surface area contributed by atoms with Crippen molar-refractivity contribution in [2.75, 3.05) is 26.2 Å². The monoisotopic (exact) mass is 663 g/mol. The Morgan fingerprint density at radius 2 is 1.74 bits per heavy atom. The number of carbonyl (C=O) groups excluding carboxylic acids is 2. The molecule has 0 saturated carbocycles. The highest BCUT2D eigenvalue weighted by atomic mass is 32.2. The van der Waals surface area contributed by atoms with E-state index in [4.69, 9.17) is 0 Å². The summed E-state index contributed by atoms with van der Waals surface area (Å²) in [6, 6.07) is 18.8. The second-order valence-electron chi connectivity index (χ2n) is 13.5. The summed E-state index contributed by atoms with van der Waals surface area (Å²) in [5, 5.41) is 28.3. The second kappa shape index (κ2) is 14.6. The smallest absolute Gasteiger partial charge is 0.244 e. The van der Waals surface area contributed by atoms with E-state index in [9.17, 15) is 28.2 Å². The molecule has 1 aliphatic heterocycles. The summed E-state index contributed by atoms with van der Waals surface area (Å²) in [6.07, 6.45) is 1.97. The fourth-order valence-corrected chi connectivity index (χ4v) is 7.86. The van der Waals surface area contributed by atoms with Crippen molar-refractivity contribution in [2.24, 2.45) is 5.92 Å². The molecule has 2 amide bonds. The highest BCUT2D eigenvalue weighted by Crippen LogP contribution is 2.32. The van der Waals surface area contributed by atoms with Gasteiger partial charge < -0.3 is 20.8 Å². The van der Waals surface area contributed by atoms with Crippen LogP contribution in [0.2, 0.25) is 0 Å². The number of nitrogens with zero attached hydrogens (tertiary/aromatic N) is 3. The number of rotatable bonds is 11. The highest BCUT2D eigenvalue weighted by Gasteiger charge is 2.40. The van der Waals surface area contributed by atoms with Gasteiger partial charge in [0.2, 0.25) is 21.8 Å². The number of nitrogens with one attached hydrogen (secondary N) is 2. The summed E-state index contributed by atoms with van der Waals surface area (Å²) in [4.78, 5) is 33.2. The van der Waals surface area contributed by atoms with E-state index in [2.05, 4.69) is 15.6 Å². The number of piperazine rings is 1. The topological polar surface area (TPSA) is 152 Å². The van der Waals surface area contributed by atoms with E-state index in [-0.39, 0.29) is 49.3 Å². The van der Waals surface area contributed by atoms with Crippen LogP contribution >= 0.6 is 0 Å². The first kappa shape index (κ1) is 34.6. The zero-order chi connectivity index (χ0) is 33.8. The fourth-order valence-electron chi connectivity index (χ4n) is 6.46. The molecule has 5 atom stereocenters. The van der Waals surface area contributed by atoms with Gasteiger partial charge >= 0.3 is 0 Å². The van der Waals surface area contributed by atoms with Crippen LogP contribution in [-0.2, 0) is 32.5 Å². The molecule has 1 aliphatic carbocycles. The van der Waals surface area contributed by atoms with E-state index in [1.165, 1.54) is 22.8 Å². The van der Waals surface area contributed by atoms with Crippen LogP contribution in [0.3, 0.4) is 0 Å². The number of hydrogen-bond donors (Lipinski definition) is 4. The number of benzene rings is 2. The summed E-state index contributed by atoms with van der Waals surface area (Å²) in [5.41, 5.74) is 2.26. The van der Waals surface area contributed by atoms with Crippen LogP contribution in [0, 0.1) is 5.92 Å². The Labute approximate surface area is 277 Å². The highest BCUT2D eigenvalue weighted by molar-refractivity contribution is 7.89. The number of hydrogen-bond acceptors (Lipinski definition) is 8. The Morgan fingerprint density at radius 1 is 1.02 bits per heavy atom. The van der Waals surface area contributed by atoms with Crippen molar-refractivity contribution in [3.05, 3.63) is 95.8 Å². The van der Waals surface area contributed by atoms with Gasteiger partial charge in [0.1, 0.15) is 10.9 Å². The standard InChI is InChI=1S/C35H45N5O6S/c1-35(2,3)38-34(44)30-23-40(47(45,46)28-13-9-15-36-21-28)17-16-39(30)22-27(41)19-26(18-24-10-5-4-6-11-24)33(43)37-32-29-14-8-7-12-25(29)20-31(32)42/h4-15,21,26-27,30-32,41-42H,16-20,22-23H2,1-3H3,(H,37,43)(H,38,44)/t26-,27+,30+,31-,32+/m1/s1. The quantitative estimate of drug-likeness (QED) is 0.243. The molecular weight excluding hydrogens is 618 g/mol. The molecule has 2 aromatic carbocycles. The van der Waals surface area contributed by atoms with E-state index >= 15 is 0 Å². The third-order valence-corrected chi connectivity index (χ3v) is 10.6. The number of sulfonamides is 1. The Kier molecular flexibility index (Phi) is 10.8. The van der Waals surface area contributed by atoms with Crippen LogP contribution in [0.5, 0.6) is 0 Å². The van der Waals surface area contributed by atoms with Gasteiger partial charge in [-0.1, -0.05) is 54.6 Å². The fraction of sp³-hybridized carbons (Fsp3) is 0.457. The summed E-state index contributed by atoms with van der Waals surface area (Å²) < 4.78 is 28.1. The molecule has 47 heavy (non-hydrogen) atoms. The molecule has 0 radical (unpaired) electrons. The van der Waals surface area contributed by atoms with Gasteiger partial charge in [0, 0.05) is 56.5 Å². The van der Waals surface area contributed by atoms with E-state index in [0.717, 1.165) is 16.7 Å². The average molecular weight is 664 g/mol. The molecule has 3 aromatic rings. The lowest BCUT2D eigenvalue weighted by molar-refractivity contribution is -0.131. The number of β-amino-alcohol motifs (C(OH)–C–C–N with tert-alkyl or cyclic N) is 1. The van der Waals surface area contributed by atoms with Crippen molar-refractivity contribution < 1.29 is 28.2 Å². The maximum absolute atomic E-state index is 13.8. The van der Waals surface area contributed by atoms with Gasteiger partial charge in [-0.25, -0.2) is 8.42 Å². The number of pyridine rings is 1. The SMILES string of the molecule is CC(C)(C)NC(=O)[C@@H]1CN(S(=O)(=O)c2cccnc2)CCN1C[C@@H](O)C[C@@H](Cc1ccccc1)C(=O)N[C@H]1c2ccccc2C[C@H]1O. The van der Waals surface area contributed by atoms with Crippen molar-refractivity contribution in [2.45, 2.75) is 74.8 Å². The third-order valence-electron chi connectivity index (χ3n) is 8.73. The van der Waals surface area contributed by atoms with E-state index in [1.807, 2.05) is 75.4 Å². The van der Waals surface area contributed by atoms with Gasteiger partial charge in [0.25, 0.3) is 0 Å². The van der Waals surface area contributed by atoms with Crippen LogP contribution in [0.4, 0.5) is 0 Å². The first-order chi connectivity index (χ1) is 22.3. The molecule has 0 bridgehead atoms. The minimum absolute atomic E-state index is 0.0493. The van der Waals surface area contributed by atoms with Crippen LogP contribution < -0.4 is 10.6 Å². The molecule has 0 unspecified atom stereocenters. The van der Waals surface area contributed by atoms with Gasteiger partial charge in [-0.3, -0.25) is 19.5 Å². The van der Waals surface area contributed by atoms with E-state index in [0.29, 0.717) is 12.8 Å². The largest absolute Gasteiger partial charge is 0.392 e. The molecule has 0 spiro atoms. The average Bonchev–Trinajstić information content (AvgIpc) is 3.35. The van der Waals surface area contributed by atoms with Crippen LogP contribution in [0.25, 0.3) is 0 Å². The molecule has 252 valence electrons. The molecule has 1 aromatic heterocycles. The number of aliphatic hydroxyl groups excluding tert-OH is 2. The van der Waals surface area contributed by atoms with Crippen molar-refractivity contribution in [1.29, 1.82) is 0 Å². The van der Waals surface area contributed by atoms with Crippen molar-refractivity contribution in [1.82, 2.24) is 24.8 Å². The molecule has 4 N–H and O–H groups in total. The van der Waals surface area contributed by atoms with Crippen molar-refractivity contribution >= 4 is 21.8 Å². The summed E-state index contributed by atoms with van der Waals surface area (Å²) in [7, 11) is -3.90. The summed E-state index contributed by atoms with van der Waals surface area (Å²) in [5.74, 6) is -1.24. The van der Waals surface area contributed by atoms with E-state index < -0.39 is 45.8 Å². The lowest BCUT2D eigenvalue weighted by atomic mass is 9.91. The Hall–Kier alpha value is -3.68. The Morgan fingerprint density at radius 3 is 2.45 bits per heavy atom. The predicted molar refractivity (Wildman–Crippen MR) is 178 cm³/mol. The lowest BCUT2D eigenvalue weighted by Gasteiger charge is -2.41. The molecular formula is C35H45N5O6S. The number of aromatic nitrogens is 1. The van der Waals surface area contributed by atoms with Gasteiger partial charge in [-0.2, -0.15) is 4.31 Å². The predicted octanol–water partition coefficient (Wildman–Crippen LogP) is 2.06. The van der Waals surface area contributed by atoms with E-state index in [1.54, 1.807) is 11.0 Å². The second-order valence-corrected chi connectivity index (χ2v) is 15.5. The first-order valence-corrected chi connectivity index (χ1v) is 17.5. The number of carbonyl (C=O) groups is 2. The Bertz CT molecular complexity index is 1630. The maximum atomic E-state index is 13.8. The zero-order valence-electron chi connectivity index (χ0n) is 27.1. The minimum Gasteiger partial charge on any atom is -0.392 e. The lowest BCUT2D eigenvalue weighted by Crippen LogP contribution is -2.62.